The van der Waals surface area contributed by atoms with E-state index in [2.05, 4.69) is 0 Å². The van der Waals surface area contributed by atoms with Crippen molar-refractivity contribution in [2.75, 3.05) is 6.54 Å². The minimum absolute atomic E-state index is 0.310. The highest BCUT2D eigenvalue weighted by molar-refractivity contribution is 6.59. The van der Waals surface area contributed by atoms with Gasteiger partial charge in [0.1, 0.15) is 5.71 Å². The van der Waals surface area contributed by atoms with Gasteiger partial charge in [0.25, 0.3) is 5.91 Å². The van der Waals surface area contributed by atoms with Crippen LogP contribution in [0.3, 0.4) is 0 Å². The summed E-state index contributed by atoms with van der Waals surface area (Å²) < 4.78 is 0. The minimum atomic E-state index is -0.779. The molecule has 0 atom stereocenters. The van der Waals surface area contributed by atoms with Crippen molar-refractivity contribution in [1.82, 2.24) is 5.32 Å². The van der Waals surface area contributed by atoms with Crippen molar-refractivity contribution in [2.24, 2.45) is 5.73 Å². The highest BCUT2D eigenvalue weighted by Crippen LogP contribution is 1.67. The maximum absolute atomic E-state index is 10.6. The van der Waals surface area contributed by atoms with Gasteiger partial charge in [0.05, 0.1) is 6.54 Å². The molecule has 0 aromatic rings. The van der Waals surface area contributed by atoms with Crippen LogP contribution in [0.25, 0.3) is 0 Å². The monoisotopic (exact) mass is 156 g/mol. The molecule has 0 bridgehead atoms. The summed E-state index contributed by atoms with van der Waals surface area (Å²) in [4.78, 5) is 20.7. The van der Waals surface area contributed by atoms with E-state index in [1.807, 2.05) is 5.32 Å². The molecule has 0 spiro atoms. The minimum Gasteiger partial charge on any atom is -0.368 e. The molecule has 5 N–H and O–H groups in total. The van der Waals surface area contributed by atoms with E-state index in [1.54, 1.807) is 0 Å². The third-order valence-corrected chi connectivity index (χ3v) is 0.812. The molecule has 0 saturated heterocycles. The van der Waals surface area contributed by atoms with Crippen molar-refractivity contribution >= 4 is 23.7 Å². The summed E-state index contributed by atoms with van der Waals surface area (Å²) in [5, 5.41) is 15.3. The molecule has 6 heteroatoms. The van der Waals surface area contributed by atoms with Gasteiger partial charge in [-0.3, -0.25) is 15.0 Å². The summed E-state index contributed by atoms with van der Waals surface area (Å²) >= 11 is 0. The van der Waals surface area contributed by atoms with Crippen LogP contribution < -0.4 is 11.1 Å². The maximum Gasteiger partial charge on any atom is 0.271 e. The van der Waals surface area contributed by atoms with Gasteiger partial charge in [-0.15, -0.1) is 0 Å². The molecular formula is C5H8N4O2. The van der Waals surface area contributed by atoms with E-state index < -0.39 is 17.5 Å². The molecule has 0 fully saturated rings. The largest absolute Gasteiger partial charge is 0.368 e. The Hall–Kier alpha value is -1.72. The molecule has 0 saturated carbocycles. The van der Waals surface area contributed by atoms with Crippen molar-refractivity contribution < 1.29 is 9.59 Å². The van der Waals surface area contributed by atoms with Crippen LogP contribution in [0.5, 0.6) is 0 Å². The van der Waals surface area contributed by atoms with Gasteiger partial charge >= 0.3 is 0 Å². The topological polar surface area (TPSA) is 120 Å². The van der Waals surface area contributed by atoms with Gasteiger partial charge in [-0.05, 0) is 0 Å². The van der Waals surface area contributed by atoms with E-state index in [9.17, 15) is 9.59 Å². The lowest BCUT2D eigenvalue weighted by Crippen LogP contribution is -2.37. The van der Waals surface area contributed by atoms with Crippen LogP contribution >= 0.6 is 0 Å². The van der Waals surface area contributed by atoms with E-state index in [-0.39, 0.29) is 6.54 Å². The van der Waals surface area contributed by atoms with Crippen LogP contribution in [-0.4, -0.2) is 30.3 Å². The quantitative estimate of drug-likeness (QED) is 0.361. The van der Waals surface area contributed by atoms with Crippen LogP contribution in [-0.2, 0) is 9.59 Å². The third kappa shape index (κ3) is 3.79. The lowest BCUT2D eigenvalue weighted by molar-refractivity contribution is -0.121. The fourth-order valence-corrected chi connectivity index (χ4v) is 0.328. The number of carbonyl (C=O) groups excluding carboxylic acids is 2. The van der Waals surface area contributed by atoms with Gasteiger partial charge in [-0.2, -0.15) is 0 Å². The Morgan fingerprint density at radius 2 is 2.09 bits per heavy atom. The lowest BCUT2D eigenvalue weighted by Gasteiger charge is -1.98. The summed E-state index contributed by atoms with van der Waals surface area (Å²) in [6.45, 7) is -0.310. The average molecular weight is 156 g/mol. The Kier molecular flexibility index (Phi) is 3.50. The zero-order valence-electron chi connectivity index (χ0n) is 5.68. The van der Waals surface area contributed by atoms with Gasteiger partial charge in [0, 0.05) is 6.21 Å². The summed E-state index contributed by atoms with van der Waals surface area (Å²) in [7, 11) is 0. The van der Waals surface area contributed by atoms with Gasteiger partial charge in [-0.25, -0.2) is 0 Å². The van der Waals surface area contributed by atoms with Crippen molar-refractivity contribution in [3.63, 3.8) is 0 Å². The van der Waals surface area contributed by atoms with Crippen molar-refractivity contribution in [3.8, 4) is 0 Å². The smallest absolute Gasteiger partial charge is 0.271 e. The van der Waals surface area contributed by atoms with Gasteiger partial charge in [0.2, 0.25) is 5.91 Å². The molecule has 0 aromatic heterocycles. The van der Waals surface area contributed by atoms with Crippen molar-refractivity contribution in [2.45, 2.75) is 0 Å². The van der Waals surface area contributed by atoms with Gasteiger partial charge in [0.15, 0.2) is 0 Å². The normalized spacial score (nSPS) is 8.36. The Morgan fingerprint density at radius 1 is 1.55 bits per heavy atom. The zero-order chi connectivity index (χ0) is 8.85. The molecule has 2 amide bonds. The molecular weight excluding hydrogens is 148 g/mol. The van der Waals surface area contributed by atoms with E-state index in [4.69, 9.17) is 16.6 Å². The molecule has 0 radical (unpaired) electrons. The van der Waals surface area contributed by atoms with Crippen molar-refractivity contribution in [3.05, 3.63) is 0 Å². The standard InChI is InChI=1S/C5H8N4O2/c6-1-3(7)5(11)9-2-4(8)10/h1,6-7H,2H2,(H2,8,10)(H,9,11). The van der Waals surface area contributed by atoms with E-state index in [1.165, 1.54) is 0 Å². The molecule has 0 rings (SSSR count). The molecule has 0 aromatic carbocycles. The average Bonchev–Trinajstić information content (AvgIpc) is 1.98. The van der Waals surface area contributed by atoms with Crippen LogP contribution in [0.1, 0.15) is 0 Å². The number of primary amides is 1. The van der Waals surface area contributed by atoms with E-state index in [0.717, 1.165) is 0 Å². The zero-order valence-corrected chi connectivity index (χ0v) is 5.68. The first-order chi connectivity index (χ1) is 5.07. The lowest BCUT2D eigenvalue weighted by atomic mass is 10.4. The Balaban J connectivity index is 3.79. The van der Waals surface area contributed by atoms with Crippen LogP contribution in [0.4, 0.5) is 0 Å². The fourth-order valence-electron chi connectivity index (χ4n) is 0.328. The summed E-state index contributed by atoms with van der Waals surface area (Å²) in [6, 6.07) is 0. The Labute approximate surface area is 62.8 Å². The highest BCUT2D eigenvalue weighted by atomic mass is 16.2. The predicted octanol–water partition coefficient (Wildman–Crippen LogP) is -1.74. The molecule has 0 unspecified atom stereocenters. The Bertz CT molecular complexity index is 211. The first-order valence-electron chi connectivity index (χ1n) is 2.73. The number of carbonyl (C=O) groups is 2. The molecule has 0 aliphatic rings. The molecule has 0 heterocycles. The van der Waals surface area contributed by atoms with E-state index in [0.29, 0.717) is 6.21 Å². The number of hydrogen-bond donors (Lipinski definition) is 4. The highest BCUT2D eigenvalue weighted by Gasteiger charge is 2.05. The number of nitrogens with two attached hydrogens (primary N) is 1. The first kappa shape index (κ1) is 9.28. The molecule has 6 nitrogen and oxygen atoms in total. The summed E-state index contributed by atoms with van der Waals surface area (Å²) in [5.41, 5.74) is 4.19. The second-order valence-electron chi connectivity index (χ2n) is 1.71. The number of nitrogens with one attached hydrogen (secondary N) is 3. The second kappa shape index (κ2) is 4.15. The molecule has 60 valence electrons. The summed E-state index contributed by atoms with van der Waals surface area (Å²) in [6.07, 6.45) is 0.580. The van der Waals surface area contributed by atoms with Gasteiger partial charge in [-0.1, -0.05) is 0 Å². The number of amides is 2. The van der Waals surface area contributed by atoms with Crippen LogP contribution in [0.2, 0.25) is 0 Å². The van der Waals surface area contributed by atoms with Crippen molar-refractivity contribution in [1.29, 1.82) is 10.8 Å². The predicted molar refractivity (Wildman–Crippen MR) is 38.7 cm³/mol. The number of rotatable bonds is 4. The molecule has 0 aliphatic carbocycles. The van der Waals surface area contributed by atoms with Crippen LogP contribution in [0.15, 0.2) is 0 Å². The van der Waals surface area contributed by atoms with Gasteiger partial charge < -0.3 is 16.5 Å². The van der Waals surface area contributed by atoms with Crippen LogP contribution in [0, 0.1) is 10.8 Å². The Morgan fingerprint density at radius 3 is 2.45 bits per heavy atom. The molecule has 11 heavy (non-hydrogen) atoms. The number of hydrogen-bond acceptors (Lipinski definition) is 4. The SMILES string of the molecule is N=CC(=N)C(=O)NCC(N)=O. The first-order valence-corrected chi connectivity index (χ1v) is 2.73. The third-order valence-electron chi connectivity index (χ3n) is 0.812. The second-order valence-corrected chi connectivity index (χ2v) is 1.71. The van der Waals surface area contributed by atoms with E-state index >= 15 is 0 Å². The summed E-state index contributed by atoms with van der Waals surface area (Å²) in [5.74, 6) is -1.46. The fraction of sp³-hybridized carbons (Fsp3) is 0.200. The molecule has 0 aliphatic heterocycles. The maximum atomic E-state index is 10.6.